The minimum Gasteiger partial charge on any atom is -0.315 e. The molecule has 1 unspecified atom stereocenters. The molecule has 0 radical (unpaired) electrons. The molecular formula is C15H33N3. The van der Waals surface area contributed by atoms with Gasteiger partial charge in [0.15, 0.2) is 0 Å². The van der Waals surface area contributed by atoms with E-state index in [2.05, 4.69) is 36.0 Å². The molecule has 0 saturated carbocycles. The Kier molecular flexibility index (Phi) is 8.64. The zero-order chi connectivity index (χ0) is 13.2. The molecule has 3 nitrogen and oxygen atoms in total. The molecule has 108 valence electrons. The van der Waals surface area contributed by atoms with Crippen molar-refractivity contribution >= 4 is 0 Å². The van der Waals surface area contributed by atoms with E-state index < -0.39 is 0 Å². The second-order valence-electron chi connectivity index (χ2n) is 5.81. The van der Waals surface area contributed by atoms with Gasteiger partial charge in [0.1, 0.15) is 0 Å². The Labute approximate surface area is 114 Å². The van der Waals surface area contributed by atoms with Gasteiger partial charge in [0.25, 0.3) is 0 Å². The summed E-state index contributed by atoms with van der Waals surface area (Å²) in [5.41, 5.74) is 0. The summed E-state index contributed by atoms with van der Waals surface area (Å²) in [5.74, 6) is 0. The van der Waals surface area contributed by atoms with Gasteiger partial charge in [0, 0.05) is 25.7 Å². The quantitative estimate of drug-likeness (QED) is 0.671. The van der Waals surface area contributed by atoms with Gasteiger partial charge in [-0.2, -0.15) is 0 Å². The summed E-state index contributed by atoms with van der Waals surface area (Å²) in [7, 11) is 2.24. The monoisotopic (exact) mass is 255 g/mol. The lowest BCUT2D eigenvalue weighted by atomic mass is 10.2. The van der Waals surface area contributed by atoms with Crippen molar-refractivity contribution in [2.45, 2.75) is 52.0 Å². The predicted molar refractivity (Wildman–Crippen MR) is 80.2 cm³/mol. The fourth-order valence-electron chi connectivity index (χ4n) is 2.78. The molecule has 1 rings (SSSR count). The van der Waals surface area contributed by atoms with Crippen LogP contribution in [-0.2, 0) is 0 Å². The van der Waals surface area contributed by atoms with Crippen LogP contribution in [-0.4, -0.2) is 62.2 Å². The molecule has 0 aromatic carbocycles. The molecule has 3 heteroatoms. The lowest BCUT2D eigenvalue weighted by Crippen LogP contribution is -2.41. The standard InChI is InChI=1S/C15H33N3/c1-4-5-6-7-9-16-10-13-18-12-8-11-17(3)14-15(18)2/h15-16H,4-14H2,1-3H3. The van der Waals surface area contributed by atoms with Gasteiger partial charge in [-0.05, 0) is 46.4 Å². The largest absolute Gasteiger partial charge is 0.315 e. The van der Waals surface area contributed by atoms with Crippen LogP contribution in [0.15, 0.2) is 0 Å². The zero-order valence-corrected chi connectivity index (χ0v) is 12.7. The van der Waals surface area contributed by atoms with Crippen molar-refractivity contribution < 1.29 is 0 Å². The van der Waals surface area contributed by atoms with Gasteiger partial charge in [-0.15, -0.1) is 0 Å². The number of hydrogen-bond donors (Lipinski definition) is 1. The average molecular weight is 255 g/mol. The van der Waals surface area contributed by atoms with Crippen LogP contribution in [0.25, 0.3) is 0 Å². The maximum absolute atomic E-state index is 3.59. The van der Waals surface area contributed by atoms with E-state index in [0.29, 0.717) is 6.04 Å². The van der Waals surface area contributed by atoms with Crippen molar-refractivity contribution in [3.63, 3.8) is 0 Å². The third-order valence-corrected chi connectivity index (χ3v) is 3.97. The summed E-state index contributed by atoms with van der Waals surface area (Å²) >= 11 is 0. The number of rotatable bonds is 8. The third-order valence-electron chi connectivity index (χ3n) is 3.97. The first-order chi connectivity index (χ1) is 8.74. The fourth-order valence-corrected chi connectivity index (χ4v) is 2.78. The molecule has 18 heavy (non-hydrogen) atoms. The summed E-state index contributed by atoms with van der Waals surface area (Å²) in [6.45, 7) is 11.9. The van der Waals surface area contributed by atoms with Gasteiger partial charge in [-0.1, -0.05) is 26.2 Å². The van der Waals surface area contributed by atoms with Crippen molar-refractivity contribution in [2.75, 3.05) is 46.3 Å². The number of likely N-dealkylation sites (N-methyl/N-ethyl adjacent to an activating group) is 1. The predicted octanol–water partition coefficient (Wildman–Crippen LogP) is 2.18. The van der Waals surface area contributed by atoms with Crippen molar-refractivity contribution in [1.82, 2.24) is 15.1 Å². The highest BCUT2D eigenvalue weighted by Crippen LogP contribution is 2.07. The van der Waals surface area contributed by atoms with E-state index in [1.165, 1.54) is 64.8 Å². The van der Waals surface area contributed by atoms with Gasteiger partial charge in [0.2, 0.25) is 0 Å². The summed E-state index contributed by atoms with van der Waals surface area (Å²) in [6.07, 6.45) is 6.76. The molecule has 0 amide bonds. The molecule has 0 bridgehead atoms. The van der Waals surface area contributed by atoms with E-state index in [1.54, 1.807) is 0 Å². The van der Waals surface area contributed by atoms with Crippen molar-refractivity contribution in [3.8, 4) is 0 Å². The van der Waals surface area contributed by atoms with E-state index in [1.807, 2.05) is 0 Å². The Morgan fingerprint density at radius 3 is 2.72 bits per heavy atom. The van der Waals surface area contributed by atoms with E-state index in [9.17, 15) is 0 Å². The van der Waals surface area contributed by atoms with Crippen LogP contribution in [0.4, 0.5) is 0 Å². The highest BCUT2D eigenvalue weighted by Gasteiger charge is 2.18. The second-order valence-corrected chi connectivity index (χ2v) is 5.81. The molecule has 1 aliphatic rings. The Morgan fingerprint density at radius 1 is 1.11 bits per heavy atom. The molecule has 0 aromatic rings. The van der Waals surface area contributed by atoms with E-state index >= 15 is 0 Å². The Balaban J connectivity index is 2.03. The maximum atomic E-state index is 3.59. The second kappa shape index (κ2) is 9.76. The highest BCUT2D eigenvalue weighted by atomic mass is 15.2. The van der Waals surface area contributed by atoms with E-state index in [-0.39, 0.29) is 0 Å². The summed E-state index contributed by atoms with van der Waals surface area (Å²) < 4.78 is 0. The lowest BCUT2D eigenvalue weighted by Gasteiger charge is -2.27. The number of nitrogens with one attached hydrogen (secondary N) is 1. The minimum atomic E-state index is 0.708. The van der Waals surface area contributed by atoms with Gasteiger partial charge >= 0.3 is 0 Å². The summed E-state index contributed by atoms with van der Waals surface area (Å²) in [4.78, 5) is 5.10. The first-order valence-corrected chi connectivity index (χ1v) is 7.87. The normalized spacial score (nSPS) is 23.2. The zero-order valence-electron chi connectivity index (χ0n) is 12.7. The number of unbranched alkanes of at least 4 members (excludes halogenated alkanes) is 3. The van der Waals surface area contributed by atoms with Crippen LogP contribution in [0.3, 0.4) is 0 Å². The molecule has 0 aromatic heterocycles. The summed E-state index contributed by atoms with van der Waals surface area (Å²) in [6, 6.07) is 0.708. The molecule has 0 spiro atoms. The Bertz CT molecular complexity index is 196. The van der Waals surface area contributed by atoms with Crippen LogP contribution >= 0.6 is 0 Å². The molecule has 1 heterocycles. The van der Waals surface area contributed by atoms with Crippen LogP contribution in [0.5, 0.6) is 0 Å². The fraction of sp³-hybridized carbons (Fsp3) is 1.00. The molecule has 1 saturated heterocycles. The smallest absolute Gasteiger partial charge is 0.0195 e. The third kappa shape index (κ3) is 6.72. The first kappa shape index (κ1) is 15.9. The Hall–Kier alpha value is -0.120. The van der Waals surface area contributed by atoms with E-state index in [4.69, 9.17) is 0 Å². The average Bonchev–Trinajstić information content (AvgIpc) is 2.50. The van der Waals surface area contributed by atoms with Gasteiger partial charge in [-0.3, -0.25) is 4.90 Å². The molecule has 1 aliphatic heterocycles. The minimum absolute atomic E-state index is 0.708. The SMILES string of the molecule is CCCCCCNCCN1CCCN(C)CC1C. The molecule has 1 fully saturated rings. The van der Waals surface area contributed by atoms with Gasteiger partial charge < -0.3 is 10.2 Å². The number of hydrogen-bond acceptors (Lipinski definition) is 3. The molecule has 1 N–H and O–H groups in total. The lowest BCUT2D eigenvalue weighted by molar-refractivity contribution is 0.203. The molecule has 1 atom stereocenters. The van der Waals surface area contributed by atoms with E-state index in [0.717, 1.165) is 6.54 Å². The van der Waals surface area contributed by atoms with Crippen LogP contribution in [0.2, 0.25) is 0 Å². The van der Waals surface area contributed by atoms with Crippen LogP contribution in [0.1, 0.15) is 46.0 Å². The van der Waals surface area contributed by atoms with Gasteiger partial charge in [0.05, 0.1) is 0 Å². The van der Waals surface area contributed by atoms with Gasteiger partial charge in [-0.25, -0.2) is 0 Å². The Morgan fingerprint density at radius 2 is 1.94 bits per heavy atom. The van der Waals surface area contributed by atoms with Crippen LogP contribution in [0, 0.1) is 0 Å². The van der Waals surface area contributed by atoms with Crippen LogP contribution < -0.4 is 5.32 Å². The first-order valence-electron chi connectivity index (χ1n) is 7.87. The molecule has 0 aliphatic carbocycles. The number of nitrogens with zero attached hydrogens (tertiary/aromatic N) is 2. The molecular weight excluding hydrogens is 222 g/mol. The van der Waals surface area contributed by atoms with Crippen molar-refractivity contribution in [3.05, 3.63) is 0 Å². The topological polar surface area (TPSA) is 18.5 Å². The summed E-state index contributed by atoms with van der Waals surface area (Å²) in [5, 5.41) is 3.59. The maximum Gasteiger partial charge on any atom is 0.0195 e. The highest BCUT2D eigenvalue weighted by molar-refractivity contribution is 4.75. The van der Waals surface area contributed by atoms with Crippen molar-refractivity contribution in [1.29, 1.82) is 0 Å². The van der Waals surface area contributed by atoms with Crippen molar-refractivity contribution in [2.24, 2.45) is 0 Å².